The van der Waals surface area contributed by atoms with E-state index < -0.39 is 5.82 Å². The second-order valence-electron chi connectivity index (χ2n) is 4.21. The fourth-order valence-corrected chi connectivity index (χ4v) is 1.32. The van der Waals surface area contributed by atoms with Gasteiger partial charge in [-0.2, -0.15) is 0 Å². The largest absolute Gasteiger partial charge is 0.352 e. The fourth-order valence-electron chi connectivity index (χ4n) is 1.32. The second-order valence-corrected chi connectivity index (χ2v) is 4.21. The van der Waals surface area contributed by atoms with Crippen LogP contribution in [0.3, 0.4) is 0 Å². The molecule has 0 heterocycles. The van der Waals surface area contributed by atoms with Crippen molar-refractivity contribution in [2.75, 3.05) is 6.54 Å². The van der Waals surface area contributed by atoms with Crippen molar-refractivity contribution in [1.82, 2.24) is 5.32 Å². The molecular weight excluding hydrogens is 205 g/mol. The van der Waals surface area contributed by atoms with Gasteiger partial charge in [-0.15, -0.1) is 0 Å². The minimum atomic E-state index is -0.466. The molecule has 1 atom stereocenters. The number of hydrogen-bond donors (Lipinski definition) is 1. The van der Waals surface area contributed by atoms with Gasteiger partial charge in [0.25, 0.3) is 5.91 Å². The molecule has 88 valence electrons. The van der Waals surface area contributed by atoms with E-state index in [2.05, 4.69) is 12.2 Å². The number of halogens is 1. The molecule has 0 saturated heterocycles. The number of carbonyl (C=O) groups is 1. The standard InChI is InChI=1S/C13H18FNO/c1-4-9(2)8-15-13(16)11-7-10(3)5-6-12(11)14/h5-7,9H,4,8H2,1-3H3,(H,15,16). The molecular formula is C13H18FNO. The zero-order valence-electron chi connectivity index (χ0n) is 10.0. The van der Waals surface area contributed by atoms with Crippen molar-refractivity contribution < 1.29 is 9.18 Å². The van der Waals surface area contributed by atoms with Gasteiger partial charge in [0.15, 0.2) is 0 Å². The lowest BCUT2D eigenvalue weighted by atomic mass is 10.1. The van der Waals surface area contributed by atoms with Crippen LogP contribution in [0, 0.1) is 18.7 Å². The van der Waals surface area contributed by atoms with Crippen LogP contribution in [0.4, 0.5) is 4.39 Å². The summed E-state index contributed by atoms with van der Waals surface area (Å²) >= 11 is 0. The molecule has 2 nitrogen and oxygen atoms in total. The molecule has 0 aliphatic heterocycles. The molecule has 0 aliphatic carbocycles. The maximum atomic E-state index is 13.4. The van der Waals surface area contributed by atoms with Gasteiger partial charge in [-0.25, -0.2) is 4.39 Å². The first-order valence-corrected chi connectivity index (χ1v) is 5.59. The first-order chi connectivity index (χ1) is 7.54. The summed E-state index contributed by atoms with van der Waals surface area (Å²) in [5.41, 5.74) is 1.01. The van der Waals surface area contributed by atoms with Crippen molar-refractivity contribution in [1.29, 1.82) is 0 Å². The molecule has 1 aromatic rings. The lowest BCUT2D eigenvalue weighted by molar-refractivity contribution is 0.0943. The van der Waals surface area contributed by atoms with E-state index in [9.17, 15) is 9.18 Å². The molecule has 0 radical (unpaired) electrons. The van der Waals surface area contributed by atoms with E-state index in [0.717, 1.165) is 12.0 Å². The highest BCUT2D eigenvalue weighted by Gasteiger charge is 2.11. The first-order valence-electron chi connectivity index (χ1n) is 5.59. The first kappa shape index (κ1) is 12.7. The molecule has 1 amide bonds. The molecule has 0 bridgehead atoms. The minimum Gasteiger partial charge on any atom is -0.352 e. The van der Waals surface area contributed by atoms with Crippen LogP contribution < -0.4 is 5.32 Å². The Kier molecular flexibility index (Phi) is 4.47. The van der Waals surface area contributed by atoms with E-state index in [-0.39, 0.29) is 11.5 Å². The Bertz CT molecular complexity index is 376. The Morgan fingerprint density at radius 1 is 1.50 bits per heavy atom. The molecule has 0 saturated carbocycles. The summed E-state index contributed by atoms with van der Waals surface area (Å²) in [5.74, 6) is -0.384. The maximum Gasteiger partial charge on any atom is 0.254 e. The van der Waals surface area contributed by atoms with E-state index in [1.807, 2.05) is 13.8 Å². The molecule has 3 heteroatoms. The Hall–Kier alpha value is -1.38. The van der Waals surface area contributed by atoms with Gasteiger partial charge in [0.1, 0.15) is 5.82 Å². The molecule has 1 aromatic carbocycles. The fraction of sp³-hybridized carbons (Fsp3) is 0.462. The summed E-state index contributed by atoms with van der Waals surface area (Å²) in [6, 6.07) is 4.55. The highest BCUT2D eigenvalue weighted by Crippen LogP contribution is 2.10. The molecule has 0 fully saturated rings. The van der Waals surface area contributed by atoms with Crippen molar-refractivity contribution in [3.63, 3.8) is 0 Å². The third-order valence-electron chi connectivity index (χ3n) is 2.67. The van der Waals surface area contributed by atoms with Crippen LogP contribution in [0.15, 0.2) is 18.2 Å². The third-order valence-corrected chi connectivity index (χ3v) is 2.67. The van der Waals surface area contributed by atoms with Crippen LogP contribution >= 0.6 is 0 Å². The number of nitrogens with one attached hydrogen (secondary N) is 1. The molecule has 0 spiro atoms. The van der Waals surface area contributed by atoms with Crippen LogP contribution in [0.25, 0.3) is 0 Å². The van der Waals surface area contributed by atoms with Crippen molar-refractivity contribution >= 4 is 5.91 Å². The van der Waals surface area contributed by atoms with Crippen molar-refractivity contribution in [2.24, 2.45) is 5.92 Å². The number of carbonyl (C=O) groups excluding carboxylic acids is 1. The van der Waals surface area contributed by atoms with Crippen molar-refractivity contribution in [3.05, 3.63) is 35.1 Å². The molecule has 1 unspecified atom stereocenters. The number of aryl methyl sites for hydroxylation is 1. The zero-order valence-corrected chi connectivity index (χ0v) is 10.0. The molecule has 0 aliphatic rings. The monoisotopic (exact) mass is 223 g/mol. The SMILES string of the molecule is CCC(C)CNC(=O)c1cc(C)ccc1F. The van der Waals surface area contributed by atoms with Gasteiger partial charge < -0.3 is 5.32 Å². The summed E-state index contributed by atoms with van der Waals surface area (Å²) in [6.45, 7) is 6.53. The van der Waals surface area contributed by atoms with Crippen LogP contribution in [-0.4, -0.2) is 12.5 Å². The summed E-state index contributed by atoms with van der Waals surface area (Å²) in [7, 11) is 0. The van der Waals surface area contributed by atoms with Gasteiger partial charge in [0.05, 0.1) is 5.56 Å². The van der Waals surface area contributed by atoms with E-state index in [1.54, 1.807) is 12.1 Å². The van der Waals surface area contributed by atoms with Crippen LogP contribution in [-0.2, 0) is 0 Å². The Labute approximate surface area is 95.9 Å². The summed E-state index contributed by atoms with van der Waals surface area (Å²) in [6.07, 6.45) is 0.997. The Balaban J connectivity index is 2.69. The molecule has 0 aromatic heterocycles. The molecule has 16 heavy (non-hydrogen) atoms. The van der Waals surface area contributed by atoms with E-state index >= 15 is 0 Å². The average molecular weight is 223 g/mol. The number of benzene rings is 1. The van der Waals surface area contributed by atoms with E-state index in [1.165, 1.54) is 6.07 Å². The highest BCUT2D eigenvalue weighted by atomic mass is 19.1. The molecule has 1 rings (SSSR count). The van der Waals surface area contributed by atoms with Crippen LogP contribution in [0.2, 0.25) is 0 Å². The maximum absolute atomic E-state index is 13.4. The van der Waals surface area contributed by atoms with Gasteiger partial charge >= 0.3 is 0 Å². The highest BCUT2D eigenvalue weighted by molar-refractivity contribution is 5.94. The number of amides is 1. The predicted molar refractivity (Wildman–Crippen MR) is 62.9 cm³/mol. The quantitative estimate of drug-likeness (QED) is 0.835. The lowest BCUT2D eigenvalue weighted by Crippen LogP contribution is -2.28. The van der Waals surface area contributed by atoms with Gasteiger partial charge in [-0.1, -0.05) is 31.9 Å². The van der Waals surface area contributed by atoms with E-state index in [0.29, 0.717) is 12.5 Å². The van der Waals surface area contributed by atoms with Crippen molar-refractivity contribution in [2.45, 2.75) is 27.2 Å². The minimum absolute atomic E-state index is 0.128. The summed E-state index contributed by atoms with van der Waals surface area (Å²) in [5, 5.41) is 2.74. The average Bonchev–Trinajstić information content (AvgIpc) is 2.28. The van der Waals surface area contributed by atoms with Crippen LogP contribution in [0.5, 0.6) is 0 Å². The third kappa shape index (κ3) is 3.33. The summed E-state index contributed by atoms with van der Waals surface area (Å²) < 4.78 is 13.4. The number of hydrogen-bond acceptors (Lipinski definition) is 1. The van der Waals surface area contributed by atoms with Gasteiger partial charge in [-0.05, 0) is 25.0 Å². The smallest absolute Gasteiger partial charge is 0.254 e. The second kappa shape index (κ2) is 5.64. The zero-order chi connectivity index (χ0) is 12.1. The summed E-state index contributed by atoms with van der Waals surface area (Å²) in [4.78, 5) is 11.7. The van der Waals surface area contributed by atoms with Gasteiger partial charge in [0.2, 0.25) is 0 Å². The van der Waals surface area contributed by atoms with Crippen molar-refractivity contribution in [3.8, 4) is 0 Å². The molecule has 1 N–H and O–H groups in total. The topological polar surface area (TPSA) is 29.1 Å². The van der Waals surface area contributed by atoms with E-state index in [4.69, 9.17) is 0 Å². The van der Waals surface area contributed by atoms with Gasteiger partial charge in [-0.3, -0.25) is 4.79 Å². The van der Waals surface area contributed by atoms with Crippen LogP contribution in [0.1, 0.15) is 36.2 Å². The predicted octanol–water partition coefficient (Wildman–Crippen LogP) is 2.91. The Morgan fingerprint density at radius 3 is 2.81 bits per heavy atom. The lowest BCUT2D eigenvalue weighted by Gasteiger charge is -2.10. The normalized spacial score (nSPS) is 12.2. The van der Waals surface area contributed by atoms with Gasteiger partial charge in [0, 0.05) is 6.54 Å². The Morgan fingerprint density at radius 2 is 2.19 bits per heavy atom. The number of rotatable bonds is 4.